The molecule has 0 unspecified atom stereocenters. The number of urea groups is 1. The van der Waals surface area contributed by atoms with Crippen LogP contribution in [-0.2, 0) is 11.3 Å². The zero-order valence-electron chi connectivity index (χ0n) is 11.7. The van der Waals surface area contributed by atoms with Gasteiger partial charge in [-0.3, -0.25) is 15.0 Å². The molecule has 3 amide bonds. The summed E-state index contributed by atoms with van der Waals surface area (Å²) in [5, 5.41) is 2.75. The molecule has 0 radical (unpaired) electrons. The molecule has 5 nitrogen and oxygen atoms in total. The monoisotopic (exact) mass is 297 g/mol. The lowest BCUT2D eigenvalue weighted by atomic mass is 10.2. The third-order valence-corrected chi connectivity index (χ3v) is 3.13. The summed E-state index contributed by atoms with van der Waals surface area (Å²) in [5.74, 6) is -0.366. The summed E-state index contributed by atoms with van der Waals surface area (Å²) in [7, 11) is 0. The summed E-state index contributed by atoms with van der Waals surface area (Å²) < 4.78 is 0. The molecule has 1 rings (SSSR count). The Morgan fingerprint density at radius 2 is 2.10 bits per heavy atom. The van der Waals surface area contributed by atoms with Gasteiger partial charge in [0, 0.05) is 30.6 Å². The first-order valence-electron chi connectivity index (χ1n) is 6.46. The number of imide groups is 1. The van der Waals surface area contributed by atoms with Crippen LogP contribution in [0.3, 0.4) is 0 Å². The van der Waals surface area contributed by atoms with E-state index in [1.54, 1.807) is 0 Å². The largest absolute Gasteiger partial charge is 0.351 e. The summed E-state index contributed by atoms with van der Waals surface area (Å²) in [4.78, 5) is 24.1. The van der Waals surface area contributed by atoms with Crippen molar-refractivity contribution in [2.45, 2.75) is 32.9 Å². The van der Waals surface area contributed by atoms with Gasteiger partial charge in [0.2, 0.25) is 5.91 Å². The van der Waals surface area contributed by atoms with Gasteiger partial charge in [0.25, 0.3) is 0 Å². The first kappa shape index (κ1) is 16.5. The molecule has 0 aromatic heterocycles. The zero-order chi connectivity index (χ0) is 15.1. The number of carbonyl (C=O) groups is 2. The van der Waals surface area contributed by atoms with Gasteiger partial charge in [0.05, 0.1) is 0 Å². The first-order valence-corrected chi connectivity index (χ1v) is 6.84. The number of halogens is 1. The van der Waals surface area contributed by atoms with E-state index in [-0.39, 0.29) is 18.4 Å². The highest BCUT2D eigenvalue weighted by Gasteiger charge is 2.13. The van der Waals surface area contributed by atoms with Gasteiger partial charge in [-0.2, -0.15) is 0 Å². The molecule has 0 fully saturated rings. The second-order valence-electron chi connectivity index (χ2n) is 4.86. The summed E-state index contributed by atoms with van der Waals surface area (Å²) in [6, 6.07) is 7.07. The lowest BCUT2D eigenvalue weighted by molar-refractivity contribution is -0.120. The third kappa shape index (κ3) is 6.04. The highest BCUT2D eigenvalue weighted by molar-refractivity contribution is 6.30. The van der Waals surface area contributed by atoms with E-state index in [1.807, 2.05) is 24.3 Å². The van der Waals surface area contributed by atoms with E-state index in [0.29, 0.717) is 18.1 Å². The third-order valence-electron chi connectivity index (χ3n) is 2.89. The number of hydrogen-bond donors (Lipinski definition) is 2. The highest BCUT2D eigenvalue weighted by atomic mass is 35.5. The highest BCUT2D eigenvalue weighted by Crippen LogP contribution is 2.14. The predicted octanol–water partition coefficient (Wildman–Crippen LogP) is 2.14. The Labute approximate surface area is 124 Å². The minimum atomic E-state index is -0.819. The first-order chi connectivity index (χ1) is 9.38. The molecule has 1 aromatic carbocycles. The Balaban J connectivity index is 2.57. The number of primary amides is 1. The summed E-state index contributed by atoms with van der Waals surface area (Å²) in [5.41, 5.74) is 5.99. The average molecular weight is 298 g/mol. The maximum Gasteiger partial charge on any atom is 0.318 e. The van der Waals surface area contributed by atoms with Crippen molar-refractivity contribution in [1.82, 2.24) is 10.2 Å². The van der Waals surface area contributed by atoms with Gasteiger partial charge in [0.1, 0.15) is 0 Å². The van der Waals surface area contributed by atoms with Crippen LogP contribution < -0.4 is 11.1 Å². The Bertz CT molecular complexity index is 477. The molecule has 0 aliphatic rings. The summed E-state index contributed by atoms with van der Waals surface area (Å²) >= 11 is 5.96. The number of nitrogens with one attached hydrogen (secondary N) is 1. The van der Waals surface area contributed by atoms with Crippen molar-refractivity contribution in [3.8, 4) is 0 Å². The molecule has 3 N–H and O–H groups in total. The van der Waals surface area contributed by atoms with E-state index >= 15 is 0 Å². The molecule has 0 aliphatic heterocycles. The summed E-state index contributed by atoms with van der Waals surface area (Å²) in [6.45, 7) is 5.35. The molecule has 110 valence electrons. The van der Waals surface area contributed by atoms with Crippen molar-refractivity contribution < 1.29 is 9.59 Å². The predicted molar refractivity (Wildman–Crippen MR) is 79.3 cm³/mol. The van der Waals surface area contributed by atoms with Crippen LogP contribution in [0.25, 0.3) is 0 Å². The number of amides is 3. The molecule has 0 bridgehead atoms. The van der Waals surface area contributed by atoms with Gasteiger partial charge in [-0.15, -0.1) is 0 Å². The Kier molecular flexibility index (Phi) is 6.48. The fourth-order valence-electron chi connectivity index (χ4n) is 1.83. The quantitative estimate of drug-likeness (QED) is 0.844. The molecular weight excluding hydrogens is 278 g/mol. The van der Waals surface area contributed by atoms with Crippen LogP contribution in [0.1, 0.15) is 25.8 Å². The molecule has 0 saturated heterocycles. The molecule has 0 atom stereocenters. The van der Waals surface area contributed by atoms with Gasteiger partial charge >= 0.3 is 6.03 Å². The van der Waals surface area contributed by atoms with Gasteiger partial charge in [-0.1, -0.05) is 23.7 Å². The molecule has 0 spiro atoms. The minimum Gasteiger partial charge on any atom is -0.351 e. The fourth-order valence-corrected chi connectivity index (χ4v) is 2.05. The number of hydrogen-bond acceptors (Lipinski definition) is 3. The second-order valence-corrected chi connectivity index (χ2v) is 5.29. The lowest BCUT2D eigenvalue weighted by Crippen LogP contribution is -2.38. The Morgan fingerprint density at radius 3 is 2.65 bits per heavy atom. The van der Waals surface area contributed by atoms with Crippen LogP contribution in [0.4, 0.5) is 4.79 Å². The summed E-state index contributed by atoms with van der Waals surface area (Å²) in [6.07, 6.45) is 0.224. The molecule has 0 saturated carbocycles. The van der Waals surface area contributed by atoms with Crippen LogP contribution in [0.15, 0.2) is 24.3 Å². The Hall–Kier alpha value is -1.59. The fraction of sp³-hybridized carbons (Fsp3) is 0.429. The molecule has 6 heteroatoms. The number of benzene rings is 1. The lowest BCUT2D eigenvalue weighted by Gasteiger charge is -2.26. The maximum absolute atomic E-state index is 11.4. The van der Waals surface area contributed by atoms with E-state index in [4.69, 9.17) is 17.3 Å². The Morgan fingerprint density at radius 1 is 1.40 bits per heavy atom. The van der Waals surface area contributed by atoms with E-state index in [0.717, 1.165) is 5.56 Å². The second kappa shape index (κ2) is 7.87. The minimum absolute atomic E-state index is 0.224. The SMILES string of the molecule is CC(C)N(CCC(=O)NC(N)=O)Cc1cccc(Cl)c1. The molecule has 20 heavy (non-hydrogen) atoms. The van der Waals surface area contributed by atoms with Crippen molar-refractivity contribution in [3.05, 3.63) is 34.9 Å². The number of carbonyl (C=O) groups excluding carboxylic acids is 2. The molecule has 0 aliphatic carbocycles. The van der Waals surface area contributed by atoms with E-state index in [2.05, 4.69) is 24.1 Å². The molecular formula is C14H20ClN3O2. The molecule has 0 heterocycles. The van der Waals surface area contributed by atoms with Crippen molar-refractivity contribution in [2.75, 3.05) is 6.54 Å². The number of nitrogens with two attached hydrogens (primary N) is 1. The van der Waals surface area contributed by atoms with Gasteiger partial charge < -0.3 is 5.73 Å². The smallest absolute Gasteiger partial charge is 0.318 e. The van der Waals surface area contributed by atoms with Gasteiger partial charge in [-0.05, 0) is 31.5 Å². The van der Waals surface area contributed by atoms with Crippen LogP contribution >= 0.6 is 11.6 Å². The van der Waals surface area contributed by atoms with E-state index in [1.165, 1.54) is 0 Å². The number of nitrogens with zero attached hydrogens (tertiary/aromatic N) is 1. The van der Waals surface area contributed by atoms with Gasteiger partial charge in [0.15, 0.2) is 0 Å². The average Bonchev–Trinajstić information content (AvgIpc) is 2.33. The van der Waals surface area contributed by atoms with E-state index < -0.39 is 6.03 Å². The van der Waals surface area contributed by atoms with Crippen LogP contribution in [0, 0.1) is 0 Å². The normalized spacial score (nSPS) is 10.8. The van der Waals surface area contributed by atoms with Crippen molar-refractivity contribution >= 4 is 23.5 Å². The standard InChI is InChI=1S/C14H20ClN3O2/c1-10(2)18(7-6-13(19)17-14(16)20)9-11-4-3-5-12(15)8-11/h3-5,8,10H,6-7,9H2,1-2H3,(H3,16,17,19,20). The van der Waals surface area contributed by atoms with Gasteiger partial charge in [-0.25, -0.2) is 4.79 Å². The van der Waals surface area contributed by atoms with Crippen LogP contribution in [-0.4, -0.2) is 29.4 Å². The van der Waals surface area contributed by atoms with E-state index in [9.17, 15) is 9.59 Å². The van der Waals surface area contributed by atoms with Crippen molar-refractivity contribution in [3.63, 3.8) is 0 Å². The maximum atomic E-state index is 11.4. The molecule has 1 aromatic rings. The van der Waals surface area contributed by atoms with Crippen LogP contribution in [0.5, 0.6) is 0 Å². The van der Waals surface area contributed by atoms with Crippen LogP contribution in [0.2, 0.25) is 5.02 Å². The van der Waals surface area contributed by atoms with Crippen molar-refractivity contribution in [1.29, 1.82) is 0 Å². The number of rotatable bonds is 6. The van der Waals surface area contributed by atoms with Crippen molar-refractivity contribution in [2.24, 2.45) is 5.73 Å². The zero-order valence-corrected chi connectivity index (χ0v) is 12.5. The topological polar surface area (TPSA) is 75.4 Å².